The minimum Gasteiger partial charge on any atom is -0.341 e. The van der Waals surface area contributed by atoms with E-state index >= 15 is 0 Å². The van der Waals surface area contributed by atoms with E-state index in [1.54, 1.807) is 0 Å². The average molecular weight is 267 g/mol. The van der Waals surface area contributed by atoms with Crippen LogP contribution < -0.4 is 5.32 Å². The van der Waals surface area contributed by atoms with E-state index in [9.17, 15) is 4.79 Å². The normalized spacial score (nSPS) is 25.2. The third kappa shape index (κ3) is 4.46. The van der Waals surface area contributed by atoms with Crippen LogP contribution in [0.5, 0.6) is 0 Å². The molecular weight excluding hydrogens is 238 g/mol. The summed E-state index contributed by atoms with van der Waals surface area (Å²) in [6.45, 7) is 9.44. The number of piperidine rings is 1. The Hall–Kier alpha value is -0.610. The molecular formula is C15H29N3O. The molecule has 1 N–H and O–H groups in total. The summed E-state index contributed by atoms with van der Waals surface area (Å²) in [4.78, 5) is 16.9. The molecule has 0 saturated carbocycles. The monoisotopic (exact) mass is 267 g/mol. The van der Waals surface area contributed by atoms with Gasteiger partial charge >= 0.3 is 0 Å². The van der Waals surface area contributed by atoms with E-state index in [1.165, 1.54) is 38.8 Å². The van der Waals surface area contributed by atoms with E-state index in [0.717, 1.165) is 19.6 Å². The van der Waals surface area contributed by atoms with E-state index in [-0.39, 0.29) is 0 Å². The van der Waals surface area contributed by atoms with Gasteiger partial charge < -0.3 is 10.2 Å². The Labute approximate surface area is 117 Å². The fraction of sp³-hybridized carbons (Fsp3) is 0.933. The number of likely N-dealkylation sites (tertiary alicyclic amines) is 2. The Morgan fingerprint density at radius 2 is 1.95 bits per heavy atom. The Bertz CT molecular complexity index is 287. The highest BCUT2D eigenvalue weighted by Gasteiger charge is 2.28. The van der Waals surface area contributed by atoms with Crippen molar-refractivity contribution in [2.75, 3.05) is 32.7 Å². The average Bonchev–Trinajstić information content (AvgIpc) is 2.92. The Kier molecular flexibility index (Phi) is 5.64. The zero-order valence-electron chi connectivity index (χ0n) is 12.5. The first kappa shape index (κ1) is 14.8. The van der Waals surface area contributed by atoms with Crippen molar-refractivity contribution in [3.63, 3.8) is 0 Å². The first-order valence-electron chi connectivity index (χ1n) is 7.92. The lowest BCUT2D eigenvalue weighted by Crippen LogP contribution is -2.49. The van der Waals surface area contributed by atoms with Gasteiger partial charge in [0, 0.05) is 38.1 Å². The molecule has 2 aliphatic heterocycles. The SMILES string of the molecule is CC(C)NCCC(=O)N1CCCC(N2CCCC2)C1. The molecule has 1 atom stereocenters. The molecule has 19 heavy (non-hydrogen) atoms. The number of amides is 1. The molecule has 0 bridgehead atoms. The lowest BCUT2D eigenvalue weighted by Gasteiger charge is -2.37. The van der Waals surface area contributed by atoms with Crippen LogP contribution in [0.25, 0.3) is 0 Å². The topological polar surface area (TPSA) is 35.6 Å². The van der Waals surface area contributed by atoms with Crippen LogP contribution in [0.2, 0.25) is 0 Å². The fourth-order valence-electron chi connectivity index (χ4n) is 3.21. The molecule has 2 heterocycles. The van der Waals surface area contributed by atoms with Crippen LogP contribution in [0.15, 0.2) is 0 Å². The van der Waals surface area contributed by atoms with Gasteiger partial charge in [-0.1, -0.05) is 13.8 Å². The second kappa shape index (κ2) is 7.25. The Morgan fingerprint density at radius 3 is 2.63 bits per heavy atom. The minimum atomic E-state index is 0.331. The van der Waals surface area contributed by atoms with Gasteiger partial charge in [-0.25, -0.2) is 0 Å². The van der Waals surface area contributed by atoms with Crippen LogP contribution in [0, 0.1) is 0 Å². The molecule has 0 aromatic rings. The molecule has 2 saturated heterocycles. The summed E-state index contributed by atoms with van der Waals surface area (Å²) in [7, 11) is 0. The van der Waals surface area contributed by atoms with Crippen molar-refractivity contribution in [2.24, 2.45) is 0 Å². The molecule has 2 aliphatic rings. The highest BCUT2D eigenvalue weighted by molar-refractivity contribution is 5.76. The molecule has 0 spiro atoms. The van der Waals surface area contributed by atoms with E-state index < -0.39 is 0 Å². The quantitative estimate of drug-likeness (QED) is 0.819. The van der Waals surface area contributed by atoms with Crippen molar-refractivity contribution in [3.05, 3.63) is 0 Å². The van der Waals surface area contributed by atoms with Crippen LogP contribution in [-0.4, -0.2) is 60.5 Å². The van der Waals surface area contributed by atoms with Crippen molar-refractivity contribution in [1.82, 2.24) is 15.1 Å². The standard InChI is InChI=1S/C15H29N3O/c1-13(2)16-8-7-15(19)18-11-5-6-14(12-18)17-9-3-4-10-17/h13-14,16H,3-12H2,1-2H3. The van der Waals surface area contributed by atoms with Gasteiger partial charge in [0.25, 0.3) is 0 Å². The van der Waals surface area contributed by atoms with Crippen molar-refractivity contribution >= 4 is 5.91 Å². The zero-order valence-corrected chi connectivity index (χ0v) is 12.5. The van der Waals surface area contributed by atoms with Gasteiger partial charge in [0.2, 0.25) is 5.91 Å². The molecule has 2 fully saturated rings. The highest BCUT2D eigenvalue weighted by atomic mass is 16.2. The van der Waals surface area contributed by atoms with Gasteiger partial charge in [0.05, 0.1) is 0 Å². The number of hydrogen-bond donors (Lipinski definition) is 1. The van der Waals surface area contributed by atoms with Crippen molar-refractivity contribution in [2.45, 2.75) is 58.0 Å². The first-order valence-corrected chi connectivity index (χ1v) is 7.92. The summed E-state index contributed by atoms with van der Waals surface area (Å²) in [5.41, 5.74) is 0. The Morgan fingerprint density at radius 1 is 1.21 bits per heavy atom. The van der Waals surface area contributed by atoms with Crippen molar-refractivity contribution in [1.29, 1.82) is 0 Å². The third-order valence-corrected chi connectivity index (χ3v) is 4.30. The number of nitrogens with zero attached hydrogens (tertiary/aromatic N) is 2. The fourth-order valence-corrected chi connectivity index (χ4v) is 3.21. The summed E-state index contributed by atoms with van der Waals surface area (Å²) in [6.07, 6.45) is 5.76. The molecule has 0 aromatic heterocycles. The summed E-state index contributed by atoms with van der Waals surface area (Å²) in [6, 6.07) is 1.09. The highest BCUT2D eigenvalue weighted by Crippen LogP contribution is 2.20. The van der Waals surface area contributed by atoms with Crippen LogP contribution >= 0.6 is 0 Å². The molecule has 110 valence electrons. The van der Waals surface area contributed by atoms with Crippen LogP contribution in [0.1, 0.15) is 46.0 Å². The number of nitrogens with one attached hydrogen (secondary N) is 1. The maximum Gasteiger partial charge on any atom is 0.223 e. The largest absolute Gasteiger partial charge is 0.341 e. The maximum absolute atomic E-state index is 12.2. The maximum atomic E-state index is 12.2. The predicted octanol–water partition coefficient (Wildman–Crippen LogP) is 1.46. The van der Waals surface area contributed by atoms with Crippen molar-refractivity contribution < 1.29 is 4.79 Å². The van der Waals surface area contributed by atoms with Crippen LogP contribution in [-0.2, 0) is 4.79 Å². The van der Waals surface area contributed by atoms with Crippen LogP contribution in [0.3, 0.4) is 0 Å². The zero-order chi connectivity index (χ0) is 13.7. The smallest absolute Gasteiger partial charge is 0.223 e. The lowest BCUT2D eigenvalue weighted by atomic mass is 10.0. The number of carbonyl (C=O) groups excluding carboxylic acids is 1. The second-order valence-corrected chi connectivity index (χ2v) is 6.24. The van der Waals surface area contributed by atoms with Gasteiger partial charge in [-0.3, -0.25) is 9.69 Å². The van der Waals surface area contributed by atoms with Gasteiger partial charge in [0.1, 0.15) is 0 Å². The molecule has 0 aliphatic carbocycles. The van der Waals surface area contributed by atoms with E-state index in [0.29, 0.717) is 24.4 Å². The van der Waals surface area contributed by atoms with Crippen molar-refractivity contribution in [3.8, 4) is 0 Å². The van der Waals surface area contributed by atoms with E-state index in [2.05, 4.69) is 29.0 Å². The predicted molar refractivity (Wildman–Crippen MR) is 78.2 cm³/mol. The molecule has 2 rings (SSSR count). The van der Waals surface area contributed by atoms with Gasteiger partial charge in [0.15, 0.2) is 0 Å². The van der Waals surface area contributed by atoms with E-state index in [4.69, 9.17) is 0 Å². The molecule has 1 amide bonds. The minimum absolute atomic E-state index is 0.331. The second-order valence-electron chi connectivity index (χ2n) is 6.24. The third-order valence-electron chi connectivity index (χ3n) is 4.30. The van der Waals surface area contributed by atoms with Gasteiger partial charge in [-0.2, -0.15) is 0 Å². The summed E-state index contributed by atoms with van der Waals surface area (Å²) in [5.74, 6) is 0.331. The number of carbonyl (C=O) groups is 1. The first-order chi connectivity index (χ1) is 9.16. The molecule has 4 nitrogen and oxygen atoms in total. The molecule has 4 heteroatoms. The summed E-state index contributed by atoms with van der Waals surface area (Å²) in [5, 5.41) is 3.32. The molecule has 0 aromatic carbocycles. The van der Waals surface area contributed by atoms with E-state index in [1.807, 2.05) is 0 Å². The summed E-state index contributed by atoms with van der Waals surface area (Å²) < 4.78 is 0. The lowest BCUT2D eigenvalue weighted by molar-refractivity contribution is -0.133. The molecule has 1 unspecified atom stereocenters. The van der Waals surface area contributed by atoms with Crippen LogP contribution in [0.4, 0.5) is 0 Å². The number of hydrogen-bond acceptors (Lipinski definition) is 3. The van der Waals surface area contributed by atoms with Gasteiger partial charge in [-0.15, -0.1) is 0 Å². The molecule has 0 radical (unpaired) electrons. The summed E-state index contributed by atoms with van der Waals surface area (Å²) >= 11 is 0. The Balaban J connectivity index is 1.74. The number of rotatable bonds is 5. The van der Waals surface area contributed by atoms with Gasteiger partial charge in [-0.05, 0) is 38.8 Å².